The molecule has 0 aliphatic heterocycles. The van der Waals surface area contributed by atoms with Crippen LogP contribution in [0.15, 0.2) is 42.5 Å². The molecule has 2 aromatic carbocycles. The van der Waals surface area contributed by atoms with Crippen molar-refractivity contribution in [2.45, 2.75) is 0 Å². The monoisotopic (exact) mass is 414 g/mol. The van der Waals surface area contributed by atoms with Crippen LogP contribution in [0, 0.1) is 3.57 Å². The van der Waals surface area contributed by atoms with E-state index in [0.717, 1.165) is 3.57 Å². The topological polar surface area (TPSA) is 58.2 Å². The SMILES string of the molecule is CNC(=O)c1ccc(Cl)c(NC(=O)c2ccccc2I)c1. The number of benzene rings is 2. The number of rotatable bonds is 3. The maximum Gasteiger partial charge on any atom is 0.256 e. The Morgan fingerprint density at radius 1 is 1.10 bits per heavy atom. The van der Waals surface area contributed by atoms with Gasteiger partial charge in [0.2, 0.25) is 0 Å². The first-order valence-electron chi connectivity index (χ1n) is 6.10. The summed E-state index contributed by atoms with van der Waals surface area (Å²) in [6.07, 6.45) is 0. The Morgan fingerprint density at radius 2 is 1.81 bits per heavy atom. The molecule has 6 heteroatoms. The molecule has 2 amide bonds. The molecule has 4 nitrogen and oxygen atoms in total. The lowest BCUT2D eigenvalue weighted by Gasteiger charge is -2.10. The summed E-state index contributed by atoms with van der Waals surface area (Å²) in [5, 5.41) is 5.63. The van der Waals surface area contributed by atoms with Crippen LogP contribution in [0.5, 0.6) is 0 Å². The van der Waals surface area contributed by atoms with E-state index in [4.69, 9.17) is 11.6 Å². The number of halogens is 2. The van der Waals surface area contributed by atoms with Gasteiger partial charge in [-0.2, -0.15) is 0 Å². The predicted octanol–water partition coefficient (Wildman–Crippen LogP) is 3.56. The van der Waals surface area contributed by atoms with Crippen molar-refractivity contribution in [1.82, 2.24) is 5.32 Å². The van der Waals surface area contributed by atoms with Gasteiger partial charge in [-0.15, -0.1) is 0 Å². The Hall–Kier alpha value is -1.60. The molecule has 0 heterocycles. The summed E-state index contributed by atoms with van der Waals surface area (Å²) in [6, 6.07) is 12.0. The van der Waals surface area contributed by atoms with Crippen molar-refractivity contribution in [2.75, 3.05) is 12.4 Å². The summed E-state index contributed by atoms with van der Waals surface area (Å²) in [7, 11) is 1.54. The molecule has 0 fully saturated rings. The van der Waals surface area contributed by atoms with Gasteiger partial charge < -0.3 is 10.6 Å². The van der Waals surface area contributed by atoms with Crippen LogP contribution in [-0.4, -0.2) is 18.9 Å². The smallest absolute Gasteiger partial charge is 0.256 e. The van der Waals surface area contributed by atoms with Crippen LogP contribution in [0.1, 0.15) is 20.7 Å². The number of hydrogen-bond donors (Lipinski definition) is 2. The molecule has 0 aliphatic carbocycles. The molecule has 0 saturated carbocycles. The zero-order valence-corrected chi connectivity index (χ0v) is 14.0. The fourth-order valence-corrected chi connectivity index (χ4v) is 2.54. The molecule has 2 aromatic rings. The van der Waals surface area contributed by atoms with Crippen LogP contribution in [0.3, 0.4) is 0 Å². The van der Waals surface area contributed by atoms with E-state index in [1.54, 1.807) is 37.4 Å². The van der Waals surface area contributed by atoms with E-state index in [9.17, 15) is 9.59 Å². The van der Waals surface area contributed by atoms with Crippen molar-refractivity contribution >= 4 is 51.7 Å². The van der Waals surface area contributed by atoms with Gasteiger partial charge in [0.1, 0.15) is 0 Å². The van der Waals surface area contributed by atoms with Gasteiger partial charge in [-0.25, -0.2) is 0 Å². The van der Waals surface area contributed by atoms with Gasteiger partial charge in [0, 0.05) is 16.2 Å². The van der Waals surface area contributed by atoms with Crippen molar-refractivity contribution in [1.29, 1.82) is 0 Å². The minimum atomic E-state index is -0.268. The molecular weight excluding hydrogens is 403 g/mol. The third-order valence-electron chi connectivity index (χ3n) is 2.82. The molecule has 21 heavy (non-hydrogen) atoms. The first-order valence-corrected chi connectivity index (χ1v) is 7.56. The van der Waals surface area contributed by atoms with E-state index in [1.165, 1.54) is 0 Å². The largest absolute Gasteiger partial charge is 0.355 e. The van der Waals surface area contributed by atoms with E-state index in [1.807, 2.05) is 12.1 Å². The second kappa shape index (κ2) is 6.91. The van der Waals surface area contributed by atoms with E-state index in [-0.39, 0.29) is 11.8 Å². The molecule has 0 aromatic heterocycles. The summed E-state index contributed by atoms with van der Waals surface area (Å²) in [5.41, 5.74) is 1.39. The number of anilines is 1. The standard InChI is InChI=1S/C15H12ClIN2O2/c1-18-14(20)9-6-7-11(16)13(8-9)19-15(21)10-4-2-3-5-12(10)17/h2-8H,1H3,(H,18,20)(H,19,21). The summed E-state index contributed by atoms with van der Waals surface area (Å²) < 4.78 is 0.839. The van der Waals surface area contributed by atoms with Gasteiger partial charge in [-0.05, 0) is 52.9 Å². The molecule has 2 N–H and O–H groups in total. The lowest BCUT2D eigenvalue weighted by Crippen LogP contribution is -2.19. The lowest BCUT2D eigenvalue weighted by atomic mass is 10.1. The predicted molar refractivity (Wildman–Crippen MR) is 92.0 cm³/mol. The van der Waals surface area contributed by atoms with Crippen molar-refractivity contribution in [2.24, 2.45) is 0 Å². The highest BCUT2D eigenvalue weighted by molar-refractivity contribution is 14.1. The summed E-state index contributed by atoms with van der Waals surface area (Å²) in [6.45, 7) is 0. The fraction of sp³-hybridized carbons (Fsp3) is 0.0667. The summed E-state index contributed by atoms with van der Waals surface area (Å²) in [5.74, 6) is -0.507. The zero-order chi connectivity index (χ0) is 15.4. The Kier molecular flexibility index (Phi) is 5.19. The van der Waals surface area contributed by atoms with Crippen LogP contribution in [0.25, 0.3) is 0 Å². The van der Waals surface area contributed by atoms with Crippen LogP contribution >= 0.6 is 34.2 Å². The van der Waals surface area contributed by atoms with Crippen LogP contribution in [0.2, 0.25) is 5.02 Å². The van der Waals surface area contributed by atoms with Crippen molar-refractivity contribution < 1.29 is 9.59 Å². The molecule has 2 rings (SSSR count). The first-order chi connectivity index (χ1) is 10.0. The third-order valence-corrected chi connectivity index (χ3v) is 4.09. The number of carbonyl (C=O) groups excluding carboxylic acids is 2. The van der Waals surface area contributed by atoms with Crippen molar-refractivity contribution in [3.63, 3.8) is 0 Å². The molecule has 0 unspecified atom stereocenters. The minimum absolute atomic E-state index is 0.239. The third kappa shape index (κ3) is 3.74. The van der Waals surface area contributed by atoms with Crippen molar-refractivity contribution in [3.8, 4) is 0 Å². The van der Waals surface area contributed by atoms with Gasteiger partial charge in [0.25, 0.3) is 11.8 Å². The zero-order valence-electron chi connectivity index (χ0n) is 11.1. The second-order valence-corrected chi connectivity index (χ2v) is 5.78. The molecule has 0 saturated heterocycles. The van der Waals surface area contributed by atoms with Crippen molar-refractivity contribution in [3.05, 3.63) is 62.2 Å². The maximum atomic E-state index is 12.3. The number of hydrogen-bond acceptors (Lipinski definition) is 2. The number of carbonyl (C=O) groups is 2. The highest BCUT2D eigenvalue weighted by atomic mass is 127. The second-order valence-electron chi connectivity index (χ2n) is 4.21. The quantitative estimate of drug-likeness (QED) is 0.755. The maximum absolute atomic E-state index is 12.3. The van der Waals surface area contributed by atoms with Gasteiger partial charge in [0.05, 0.1) is 16.3 Å². The van der Waals surface area contributed by atoms with Gasteiger partial charge in [-0.3, -0.25) is 9.59 Å². The highest BCUT2D eigenvalue weighted by Crippen LogP contribution is 2.24. The normalized spacial score (nSPS) is 10.0. The molecule has 0 spiro atoms. The first kappa shape index (κ1) is 15.8. The summed E-state index contributed by atoms with van der Waals surface area (Å²) in [4.78, 5) is 23.9. The van der Waals surface area contributed by atoms with E-state index in [2.05, 4.69) is 33.2 Å². The van der Waals surface area contributed by atoms with E-state index < -0.39 is 0 Å². The van der Waals surface area contributed by atoms with Gasteiger partial charge in [-0.1, -0.05) is 23.7 Å². The van der Waals surface area contributed by atoms with Gasteiger partial charge in [0.15, 0.2) is 0 Å². The van der Waals surface area contributed by atoms with Crippen LogP contribution < -0.4 is 10.6 Å². The Morgan fingerprint density at radius 3 is 2.48 bits per heavy atom. The molecule has 0 bridgehead atoms. The Balaban J connectivity index is 2.29. The average Bonchev–Trinajstić information content (AvgIpc) is 2.49. The Bertz CT molecular complexity index is 704. The highest BCUT2D eigenvalue weighted by Gasteiger charge is 2.13. The molecule has 0 atom stereocenters. The molecule has 0 radical (unpaired) electrons. The van der Waals surface area contributed by atoms with Crippen LogP contribution in [0.4, 0.5) is 5.69 Å². The van der Waals surface area contributed by atoms with Crippen LogP contribution in [-0.2, 0) is 0 Å². The van der Waals surface area contributed by atoms with Gasteiger partial charge >= 0.3 is 0 Å². The Labute approximate surface area is 141 Å². The number of nitrogens with one attached hydrogen (secondary N) is 2. The lowest BCUT2D eigenvalue weighted by molar-refractivity contribution is 0.0961. The molecule has 0 aliphatic rings. The average molecular weight is 415 g/mol. The summed E-state index contributed by atoms with van der Waals surface area (Å²) >= 11 is 8.16. The fourth-order valence-electron chi connectivity index (χ4n) is 1.74. The number of amides is 2. The molecular formula is C15H12ClIN2O2. The minimum Gasteiger partial charge on any atom is -0.355 e. The van der Waals surface area contributed by atoms with E-state index in [0.29, 0.717) is 21.8 Å². The van der Waals surface area contributed by atoms with E-state index >= 15 is 0 Å². The molecule has 108 valence electrons.